The van der Waals surface area contributed by atoms with Crippen molar-refractivity contribution in [1.82, 2.24) is 9.44 Å². The molecule has 2 N–H and O–H groups in total. The van der Waals surface area contributed by atoms with Crippen LogP contribution in [0.25, 0.3) is 0 Å². The highest BCUT2D eigenvalue weighted by atomic mass is 79.9. The van der Waals surface area contributed by atoms with Gasteiger partial charge in [0.25, 0.3) is 0 Å². The van der Waals surface area contributed by atoms with Crippen LogP contribution in [0.15, 0.2) is 22.0 Å². The lowest BCUT2D eigenvalue weighted by molar-refractivity contribution is 0.305. The Kier molecular flexibility index (Phi) is 14.2. The number of rotatable bonds is 8. The predicted molar refractivity (Wildman–Crippen MR) is 136 cm³/mol. The van der Waals surface area contributed by atoms with Gasteiger partial charge in [0.05, 0.1) is 13.2 Å². The molecule has 0 aromatic carbocycles. The minimum atomic E-state index is -3.61. The number of nitrogens with one attached hydrogen (secondary N) is 2. The molecule has 33 heavy (non-hydrogen) atoms. The molecular formula is C22H41BrN2O6S2. The third kappa shape index (κ3) is 12.6. The predicted octanol–water partition coefficient (Wildman–Crippen LogP) is 5.41. The van der Waals surface area contributed by atoms with Crippen LogP contribution < -0.4 is 9.44 Å². The van der Waals surface area contributed by atoms with Crippen LogP contribution in [0.1, 0.15) is 91.9 Å². The van der Waals surface area contributed by atoms with Crippen LogP contribution in [0.4, 0.5) is 0 Å². The molecule has 0 saturated carbocycles. The number of allylic oxidation sites excluding steroid dienone is 4. The fourth-order valence-electron chi connectivity index (χ4n) is 3.39. The number of unbranched alkanes of at least 4 members (excludes halogenated alkanes) is 5. The van der Waals surface area contributed by atoms with E-state index in [0.717, 1.165) is 60.8 Å². The first-order valence-corrected chi connectivity index (χ1v) is 15.5. The van der Waals surface area contributed by atoms with E-state index >= 15 is 0 Å². The summed E-state index contributed by atoms with van der Waals surface area (Å²) in [6, 6.07) is 0. The second kappa shape index (κ2) is 15.4. The van der Waals surface area contributed by atoms with E-state index in [2.05, 4.69) is 39.2 Å². The molecule has 2 fully saturated rings. The van der Waals surface area contributed by atoms with E-state index < -0.39 is 20.6 Å². The van der Waals surface area contributed by atoms with Crippen LogP contribution in [-0.2, 0) is 29.0 Å². The van der Waals surface area contributed by atoms with Gasteiger partial charge in [-0.2, -0.15) is 16.8 Å². The molecule has 0 spiro atoms. The molecule has 194 valence electrons. The first-order valence-electron chi connectivity index (χ1n) is 11.9. The fraction of sp³-hybridized carbons (Fsp3) is 0.818. The van der Waals surface area contributed by atoms with Crippen LogP contribution in [0, 0.1) is 11.8 Å². The van der Waals surface area contributed by atoms with Crippen LogP contribution in [0.5, 0.6) is 0 Å². The van der Waals surface area contributed by atoms with E-state index in [1.165, 1.54) is 12.8 Å². The van der Waals surface area contributed by atoms with Gasteiger partial charge in [-0.3, -0.25) is 17.8 Å². The molecule has 0 aliphatic carbocycles. The van der Waals surface area contributed by atoms with Crippen LogP contribution in [-0.4, -0.2) is 30.0 Å². The van der Waals surface area contributed by atoms with E-state index in [1.807, 2.05) is 19.9 Å². The highest BCUT2D eigenvalue weighted by molar-refractivity contribution is 9.11. The van der Waals surface area contributed by atoms with E-state index in [-0.39, 0.29) is 25.0 Å². The molecule has 0 bridgehead atoms. The Bertz CT molecular complexity index is 856. The average molecular weight is 574 g/mol. The molecule has 11 heteroatoms. The summed E-state index contributed by atoms with van der Waals surface area (Å²) in [5, 5.41) is 0. The molecule has 0 unspecified atom stereocenters. The smallest absolute Gasteiger partial charge is 0.265 e. The van der Waals surface area contributed by atoms with Crippen molar-refractivity contribution >= 4 is 36.5 Å². The van der Waals surface area contributed by atoms with Gasteiger partial charge in [0.1, 0.15) is 0 Å². The molecule has 0 aromatic rings. The lowest BCUT2D eigenvalue weighted by Gasteiger charge is -2.15. The highest BCUT2D eigenvalue weighted by Gasteiger charge is 2.24. The first kappa shape index (κ1) is 30.4. The molecule has 0 aromatic heterocycles. The minimum absolute atomic E-state index is 0.170. The molecule has 0 amide bonds. The van der Waals surface area contributed by atoms with Gasteiger partial charge in [-0.25, -0.2) is 0 Å². The van der Waals surface area contributed by atoms with E-state index in [9.17, 15) is 16.8 Å². The van der Waals surface area contributed by atoms with Gasteiger partial charge in [-0.15, -0.1) is 0 Å². The van der Waals surface area contributed by atoms with Crippen LogP contribution in [0.3, 0.4) is 0 Å². The summed E-state index contributed by atoms with van der Waals surface area (Å²) in [4.78, 5) is 0. The molecule has 0 radical (unpaired) electrons. The summed E-state index contributed by atoms with van der Waals surface area (Å²) >= 11 is 3.49. The van der Waals surface area contributed by atoms with Gasteiger partial charge in [0, 0.05) is 15.9 Å². The maximum atomic E-state index is 11.5. The van der Waals surface area contributed by atoms with Crippen molar-refractivity contribution in [3.05, 3.63) is 22.0 Å². The number of halogens is 1. The van der Waals surface area contributed by atoms with E-state index in [4.69, 9.17) is 8.37 Å². The van der Waals surface area contributed by atoms with Crippen molar-refractivity contribution in [2.75, 3.05) is 13.2 Å². The van der Waals surface area contributed by atoms with Crippen molar-refractivity contribution in [3.8, 4) is 0 Å². The van der Waals surface area contributed by atoms with Crippen molar-refractivity contribution in [2.45, 2.75) is 91.9 Å². The molecule has 2 saturated heterocycles. The Hall–Kier alpha value is -0.620. The number of hydrogen-bond acceptors (Lipinski definition) is 6. The zero-order valence-corrected chi connectivity index (χ0v) is 23.6. The standard InChI is InChI=1S/C11H20BrNO3S.C11H21NO3S/c1-3-4-5-6-10(12)11-9(2)7-8-16-17(14,15)13-11;1-3-4-5-6-7-11-10(2)8-9-15-16(13,14)12-11/h9,13H,3-8H2,1-2H3;7,10,12H,3-6,8-9H2,1-2H3/b11-10+;11-7+/t9-;10-/m11/s1. The molecule has 2 aliphatic heterocycles. The highest BCUT2D eigenvalue weighted by Crippen LogP contribution is 2.27. The Morgan fingerprint density at radius 3 is 2.06 bits per heavy atom. The van der Waals surface area contributed by atoms with Crippen LogP contribution in [0.2, 0.25) is 0 Å². The van der Waals surface area contributed by atoms with Gasteiger partial charge >= 0.3 is 20.6 Å². The molecule has 2 aliphatic rings. The molecule has 8 nitrogen and oxygen atoms in total. The minimum Gasteiger partial charge on any atom is -0.265 e. The summed E-state index contributed by atoms with van der Waals surface area (Å²) in [6.45, 7) is 8.83. The van der Waals surface area contributed by atoms with Gasteiger partial charge in [-0.1, -0.05) is 75.4 Å². The topological polar surface area (TPSA) is 111 Å². The Balaban J connectivity index is 0.000000331. The van der Waals surface area contributed by atoms with Gasteiger partial charge in [0.15, 0.2) is 0 Å². The maximum Gasteiger partial charge on any atom is 0.359 e. The normalized spacial score (nSPS) is 27.2. The summed E-state index contributed by atoms with van der Waals surface area (Å²) in [5.74, 6) is 0.391. The summed E-state index contributed by atoms with van der Waals surface area (Å²) in [6.07, 6.45) is 12.1. The lowest BCUT2D eigenvalue weighted by Crippen LogP contribution is -2.25. The summed E-state index contributed by atoms with van der Waals surface area (Å²) in [5.41, 5.74) is 1.53. The Morgan fingerprint density at radius 2 is 1.45 bits per heavy atom. The second-order valence-electron chi connectivity index (χ2n) is 8.57. The zero-order valence-electron chi connectivity index (χ0n) is 20.4. The molecular weight excluding hydrogens is 532 g/mol. The first-order chi connectivity index (χ1) is 15.5. The molecule has 2 heterocycles. The third-order valence-corrected chi connectivity index (χ3v) is 8.28. The molecule has 2 rings (SSSR count). The largest absolute Gasteiger partial charge is 0.359 e. The van der Waals surface area contributed by atoms with Crippen LogP contribution >= 0.6 is 15.9 Å². The van der Waals surface area contributed by atoms with Crippen molar-refractivity contribution in [2.24, 2.45) is 11.8 Å². The fourth-order valence-corrected chi connectivity index (χ4v) is 6.21. The molecule has 2 atom stereocenters. The zero-order chi connectivity index (χ0) is 24.9. The Morgan fingerprint density at radius 1 is 0.909 bits per heavy atom. The summed E-state index contributed by atoms with van der Waals surface area (Å²) in [7, 11) is -7.18. The van der Waals surface area contributed by atoms with Gasteiger partial charge < -0.3 is 0 Å². The third-order valence-electron chi connectivity index (χ3n) is 5.54. The van der Waals surface area contributed by atoms with Gasteiger partial charge in [-0.05, 0) is 50.4 Å². The quantitative estimate of drug-likeness (QED) is 0.376. The van der Waals surface area contributed by atoms with Crippen molar-refractivity contribution in [3.63, 3.8) is 0 Å². The van der Waals surface area contributed by atoms with Gasteiger partial charge in [0.2, 0.25) is 0 Å². The van der Waals surface area contributed by atoms with E-state index in [1.54, 1.807) is 0 Å². The SMILES string of the molecule is CCCCC/C(Br)=C1\NS(=O)(=O)OCC[C@H]1C.CCCCC/C=C1/NS(=O)(=O)OCC[C@H]1C. The number of hydrogen-bond donors (Lipinski definition) is 2. The summed E-state index contributed by atoms with van der Waals surface area (Å²) < 4.78 is 61.1. The average Bonchev–Trinajstić information content (AvgIpc) is 2.96. The Labute approximate surface area is 209 Å². The van der Waals surface area contributed by atoms with Crippen molar-refractivity contribution < 1.29 is 25.2 Å². The lowest BCUT2D eigenvalue weighted by atomic mass is 10.0. The maximum absolute atomic E-state index is 11.5. The van der Waals surface area contributed by atoms with E-state index in [0.29, 0.717) is 6.42 Å². The van der Waals surface area contributed by atoms with Crippen molar-refractivity contribution in [1.29, 1.82) is 0 Å². The monoisotopic (exact) mass is 572 g/mol. The second-order valence-corrected chi connectivity index (χ2v) is 12.2.